The van der Waals surface area contributed by atoms with Crippen molar-refractivity contribution in [2.45, 2.75) is 23.8 Å². The van der Waals surface area contributed by atoms with Gasteiger partial charge in [0.15, 0.2) is 0 Å². The maximum atomic E-state index is 11.2. The van der Waals surface area contributed by atoms with Gasteiger partial charge in [0.05, 0.1) is 18.8 Å². The molecule has 0 spiro atoms. The van der Waals surface area contributed by atoms with Crippen LogP contribution in [0, 0.1) is 0 Å². The summed E-state index contributed by atoms with van der Waals surface area (Å²) >= 11 is 0. The summed E-state index contributed by atoms with van der Waals surface area (Å²) in [5, 5.41) is -1.72. The Hall–Kier alpha value is -0.350. The molecule has 11 nitrogen and oxygen atoms in total. The molecule has 1 fully saturated rings. The van der Waals surface area contributed by atoms with Crippen LogP contribution >= 0.6 is 0 Å². The monoisotopic (exact) mass is 355 g/mol. The lowest BCUT2D eigenvalue weighted by Crippen LogP contribution is -2.55. The van der Waals surface area contributed by atoms with Crippen molar-refractivity contribution in [1.82, 2.24) is 4.72 Å². The van der Waals surface area contributed by atoms with Crippen molar-refractivity contribution in [3.63, 3.8) is 0 Å². The number of rotatable bonds is 5. The van der Waals surface area contributed by atoms with Gasteiger partial charge in [-0.2, -0.15) is 30.0 Å². The van der Waals surface area contributed by atoms with Gasteiger partial charge in [-0.1, -0.05) is 0 Å². The van der Waals surface area contributed by atoms with Gasteiger partial charge in [-0.25, -0.2) is 0 Å². The first-order valence-corrected chi connectivity index (χ1v) is 9.61. The Morgan fingerprint density at radius 2 is 1.60 bits per heavy atom. The molecule has 3 unspecified atom stereocenters. The average Bonchev–Trinajstić information content (AvgIpc) is 2.14. The highest BCUT2D eigenvalue weighted by Crippen LogP contribution is 2.22. The molecular weight excluding hydrogens is 342 g/mol. The Bertz CT molecular complexity index is 649. The van der Waals surface area contributed by atoms with Crippen LogP contribution in [0.1, 0.15) is 6.42 Å². The first-order valence-electron chi connectivity index (χ1n) is 5.06. The first kappa shape index (κ1) is 17.7. The molecule has 0 radical (unpaired) electrons. The van der Waals surface area contributed by atoms with Gasteiger partial charge in [0, 0.05) is 0 Å². The van der Waals surface area contributed by atoms with Crippen molar-refractivity contribution in [2.75, 3.05) is 12.4 Å². The maximum absolute atomic E-state index is 11.2. The molecule has 4 N–H and O–H groups in total. The van der Waals surface area contributed by atoms with Crippen molar-refractivity contribution in [3.8, 4) is 0 Å². The van der Waals surface area contributed by atoms with Crippen LogP contribution in [0.25, 0.3) is 0 Å². The van der Waals surface area contributed by atoms with E-state index in [0.717, 1.165) is 0 Å². The van der Waals surface area contributed by atoms with E-state index >= 15 is 0 Å². The third-order valence-corrected chi connectivity index (χ3v) is 5.21. The lowest BCUT2D eigenvalue weighted by atomic mass is 10.1. The van der Waals surface area contributed by atoms with E-state index in [9.17, 15) is 25.3 Å². The summed E-state index contributed by atoms with van der Waals surface area (Å²) in [4.78, 5) is 0. The summed E-state index contributed by atoms with van der Waals surface area (Å²) in [7, 11) is -13.9. The van der Waals surface area contributed by atoms with Crippen LogP contribution in [-0.4, -0.2) is 68.7 Å². The second kappa shape index (κ2) is 5.80. The molecular formula is C6H13NO10S3. The van der Waals surface area contributed by atoms with Crippen molar-refractivity contribution in [3.05, 3.63) is 0 Å². The van der Waals surface area contributed by atoms with Crippen molar-refractivity contribution in [1.29, 1.82) is 0 Å². The Morgan fingerprint density at radius 3 is 2.00 bits per heavy atom. The van der Waals surface area contributed by atoms with Gasteiger partial charge in [-0.15, -0.1) is 0 Å². The van der Waals surface area contributed by atoms with Gasteiger partial charge in [0.2, 0.25) is 0 Å². The van der Waals surface area contributed by atoms with Crippen LogP contribution in [0.4, 0.5) is 0 Å². The molecule has 3 atom stereocenters. The van der Waals surface area contributed by atoms with E-state index in [1.807, 2.05) is 0 Å². The Kier molecular flexibility index (Phi) is 5.13. The fourth-order valence-electron chi connectivity index (χ4n) is 1.82. The molecule has 1 rings (SSSR count). The largest absolute Gasteiger partial charge is 0.375 e. The van der Waals surface area contributed by atoms with Gasteiger partial charge in [0.1, 0.15) is 11.0 Å². The molecule has 0 saturated carbocycles. The summed E-state index contributed by atoms with van der Waals surface area (Å²) in [6.07, 6.45) is -1.82. The standard InChI is InChI=1S/C6H13NO10S3/c8-18(9,10)3-4-1-6(19(11,12)13)5(2-17-4)7-20(14,15)16/h4-7H,1-3H2,(H,8,9,10)(H,11,12,13)(H,14,15,16). The molecule has 0 aromatic rings. The Morgan fingerprint density at radius 1 is 1.05 bits per heavy atom. The maximum Gasteiger partial charge on any atom is 0.333 e. The summed E-state index contributed by atoms with van der Waals surface area (Å²) < 4.78 is 97.7. The second-order valence-electron chi connectivity index (χ2n) is 4.19. The fraction of sp³-hybridized carbons (Fsp3) is 1.00. The third kappa shape index (κ3) is 5.96. The molecule has 0 amide bonds. The van der Waals surface area contributed by atoms with Gasteiger partial charge in [0.25, 0.3) is 20.2 Å². The van der Waals surface area contributed by atoms with Crippen LogP contribution in [0.15, 0.2) is 0 Å². The zero-order valence-electron chi connectivity index (χ0n) is 9.78. The molecule has 14 heteroatoms. The van der Waals surface area contributed by atoms with Crippen LogP contribution in [0.5, 0.6) is 0 Å². The minimum absolute atomic E-state index is 0.578. The third-order valence-electron chi connectivity index (χ3n) is 2.53. The van der Waals surface area contributed by atoms with E-state index in [-0.39, 0.29) is 0 Å². The molecule has 0 bridgehead atoms. The van der Waals surface area contributed by atoms with E-state index in [1.54, 1.807) is 4.72 Å². The quantitative estimate of drug-likeness (QED) is 0.390. The van der Waals surface area contributed by atoms with Gasteiger partial charge in [-0.3, -0.25) is 13.7 Å². The van der Waals surface area contributed by atoms with Crippen LogP contribution in [0.3, 0.4) is 0 Å². The minimum Gasteiger partial charge on any atom is -0.375 e. The highest BCUT2D eigenvalue weighted by Gasteiger charge is 2.41. The van der Waals surface area contributed by atoms with E-state index in [0.29, 0.717) is 0 Å². The normalized spacial score (nSPS) is 29.2. The highest BCUT2D eigenvalue weighted by molar-refractivity contribution is 7.87. The van der Waals surface area contributed by atoms with Crippen LogP contribution < -0.4 is 4.72 Å². The van der Waals surface area contributed by atoms with Gasteiger partial charge >= 0.3 is 10.3 Å². The van der Waals surface area contributed by atoms with Crippen molar-refractivity contribution < 1.29 is 43.6 Å². The molecule has 120 valence electrons. The molecule has 0 aromatic heterocycles. The number of ether oxygens (including phenoxy) is 1. The second-order valence-corrected chi connectivity index (χ2v) is 8.51. The van der Waals surface area contributed by atoms with E-state index in [4.69, 9.17) is 18.4 Å². The molecule has 20 heavy (non-hydrogen) atoms. The number of hydrogen-bond donors (Lipinski definition) is 4. The average molecular weight is 355 g/mol. The van der Waals surface area contributed by atoms with Gasteiger partial charge < -0.3 is 4.74 Å². The molecule has 1 aliphatic rings. The molecule has 1 heterocycles. The lowest BCUT2D eigenvalue weighted by molar-refractivity contribution is 0.0150. The van der Waals surface area contributed by atoms with E-state index < -0.39 is 66.7 Å². The van der Waals surface area contributed by atoms with Gasteiger partial charge in [-0.05, 0) is 6.42 Å². The van der Waals surface area contributed by atoms with Crippen molar-refractivity contribution in [2.24, 2.45) is 0 Å². The van der Waals surface area contributed by atoms with Crippen LogP contribution in [0.2, 0.25) is 0 Å². The first-order chi connectivity index (χ1) is 8.78. The Labute approximate surface area is 115 Å². The molecule has 1 saturated heterocycles. The van der Waals surface area contributed by atoms with E-state index in [2.05, 4.69) is 0 Å². The Balaban J connectivity index is 2.93. The fourth-order valence-corrected chi connectivity index (χ4v) is 4.24. The summed E-state index contributed by atoms with van der Waals surface area (Å²) in [6, 6.07) is -1.49. The summed E-state index contributed by atoms with van der Waals surface area (Å²) in [5.41, 5.74) is 0. The highest BCUT2D eigenvalue weighted by atomic mass is 32.2. The van der Waals surface area contributed by atoms with Crippen LogP contribution in [-0.2, 0) is 35.3 Å². The molecule has 0 aliphatic carbocycles. The smallest absolute Gasteiger partial charge is 0.333 e. The summed E-state index contributed by atoms with van der Waals surface area (Å²) in [5.74, 6) is -0.905. The predicted octanol–water partition coefficient (Wildman–Crippen LogP) is -2.32. The van der Waals surface area contributed by atoms with E-state index in [1.165, 1.54) is 0 Å². The number of hydrogen-bond acceptors (Lipinski definition) is 7. The molecule has 0 aromatic carbocycles. The zero-order valence-corrected chi connectivity index (χ0v) is 12.2. The van der Waals surface area contributed by atoms with Crippen molar-refractivity contribution >= 4 is 30.5 Å². The number of nitrogens with one attached hydrogen (secondary N) is 1. The SMILES string of the molecule is O=S(=O)(O)CC1CC(S(=O)(=O)O)C(NS(=O)(=O)O)CO1. The topological polar surface area (TPSA) is 184 Å². The minimum atomic E-state index is -4.74. The molecule has 1 aliphatic heterocycles. The predicted molar refractivity (Wildman–Crippen MR) is 64.6 cm³/mol. The zero-order chi connectivity index (χ0) is 15.8. The lowest BCUT2D eigenvalue weighted by Gasteiger charge is -2.33. The summed E-state index contributed by atoms with van der Waals surface area (Å²) in [6.45, 7) is -0.607.